The standard InChI is InChI=1S/C29H28F2N8O2S/c30-21-9-34-26(23-17(7-32)28(33)42-27(21)23)22-20-14-41-13-19(20)18-8-35-29(36-25(18)24(22)31)39-2-1-15(10-39)37-3-5-38(6-4-37)16-11-40-12-16/h8-9,15-16H,1-6,10-14,33H2/t15-/m1/s1. The number of benzene rings is 1. The van der Waals surface area contributed by atoms with Crippen LogP contribution in [0, 0.1) is 23.0 Å². The summed E-state index contributed by atoms with van der Waals surface area (Å²) in [6.07, 6.45) is 3.73. The minimum Gasteiger partial charge on any atom is -0.389 e. The number of halogens is 2. The molecule has 0 radical (unpaired) electrons. The average Bonchev–Trinajstić information content (AvgIpc) is 3.73. The number of nitrogens with two attached hydrogens (primary N) is 1. The molecule has 13 heteroatoms. The van der Waals surface area contributed by atoms with Crippen molar-refractivity contribution < 1.29 is 18.3 Å². The van der Waals surface area contributed by atoms with Gasteiger partial charge in [-0.3, -0.25) is 14.8 Å². The molecule has 42 heavy (non-hydrogen) atoms. The zero-order valence-electron chi connectivity index (χ0n) is 22.8. The van der Waals surface area contributed by atoms with Gasteiger partial charge in [0, 0.05) is 67.8 Å². The molecule has 216 valence electrons. The third-order valence-electron chi connectivity index (χ3n) is 9.18. The van der Waals surface area contributed by atoms with Crippen molar-refractivity contribution in [2.75, 3.05) is 63.1 Å². The Balaban J connectivity index is 1.15. The molecule has 0 spiro atoms. The van der Waals surface area contributed by atoms with Crippen molar-refractivity contribution in [3.8, 4) is 17.3 Å². The Kier molecular flexibility index (Phi) is 6.24. The van der Waals surface area contributed by atoms with Crippen molar-refractivity contribution in [3.05, 3.63) is 40.7 Å². The summed E-state index contributed by atoms with van der Waals surface area (Å²) in [5, 5.41) is 10.8. The molecule has 0 amide bonds. The van der Waals surface area contributed by atoms with Gasteiger partial charge in [0.25, 0.3) is 0 Å². The molecule has 4 aromatic rings. The van der Waals surface area contributed by atoms with Crippen LogP contribution in [0.3, 0.4) is 0 Å². The molecule has 0 saturated carbocycles. The predicted octanol–water partition coefficient (Wildman–Crippen LogP) is 3.26. The van der Waals surface area contributed by atoms with E-state index in [0.717, 1.165) is 82.0 Å². The van der Waals surface area contributed by atoms with Crippen LogP contribution >= 0.6 is 11.3 Å². The van der Waals surface area contributed by atoms with E-state index in [2.05, 4.69) is 30.7 Å². The van der Waals surface area contributed by atoms with Crippen LogP contribution in [0.1, 0.15) is 23.1 Å². The minimum atomic E-state index is -0.604. The molecule has 1 aromatic carbocycles. The fourth-order valence-corrected chi connectivity index (χ4v) is 7.74. The Hall–Kier alpha value is -3.54. The number of thiophene rings is 1. The third kappa shape index (κ3) is 3.97. The fourth-order valence-electron chi connectivity index (χ4n) is 6.81. The van der Waals surface area contributed by atoms with Crippen molar-refractivity contribution in [2.24, 2.45) is 0 Å². The van der Waals surface area contributed by atoms with Crippen LogP contribution in [0.4, 0.5) is 19.7 Å². The van der Waals surface area contributed by atoms with Crippen molar-refractivity contribution >= 4 is 43.3 Å². The van der Waals surface area contributed by atoms with Gasteiger partial charge in [-0.1, -0.05) is 0 Å². The first kappa shape index (κ1) is 26.1. The van der Waals surface area contributed by atoms with Crippen LogP contribution in [0.2, 0.25) is 0 Å². The summed E-state index contributed by atoms with van der Waals surface area (Å²) in [6, 6.07) is 3.01. The van der Waals surface area contributed by atoms with Gasteiger partial charge in [0.05, 0.1) is 54.6 Å². The van der Waals surface area contributed by atoms with Crippen LogP contribution in [0.15, 0.2) is 12.4 Å². The van der Waals surface area contributed by atoms with Crippen LogP contribution < -0.4 is 10.6 Å². The molecule has 3 saturated heterocycles. The van der Waals surface area contributed by atoms with E-state index in [0.29, 0.717) is 29.0 Å². The van der Waals surface area contributed by atoms with Crippen molar-refractivity contribution in [3.63, 3.8) is 0 Å². The molecule has 10 nitrogen and oxygen atoms in total. The maximum atomic E-state index is 16.6. The lowest BCUT2D eigenvalue weighted by Crippen LogP contribution is -2.58. The second kappa shape index (κ2) is 10.0. The van der Waals surface area contributed by atoms with Gasteiger partial charge in [0.15, 0.2) is 11.6 Å². The van der Waals surface area contributed by atoms with E-state index in [1.165, 1.54) is 0 Å². The SMILES string of the molecule is N#Cc1c(N)sc2c(F)cnc(-c3c4c(c5cnc(N6CC[C@@H](N7CCN(C8COC8)CC7)C6)nc5c3F)COC4)c12. The normalized spacial score (nSPS) is 21.7. The molecule has 0 unspecified atom stereocenters. The van der Waals surface area contributed by atoms with E-state index in [-0.39, 0.29) is 50.6 Å². The van der Waals surface area contributed by atoms with Crippen LogP contribution in [0.5, 0.6) is 0 Å². The lowest BCUT2D eigenvalue weighted by atomic mass is 9.94. The molecule has 0 bridgehead atoms. The molecular formula is C29H28F2N8O2S. The molecule has 3 fully saturated rings. The van der Waals surface area contributed by atoms with Gasteiger partial charge < -0.3 is 20.1 Å². The van der Waals surface area contributed by atoms with Gasteiger partial charge >= 0.3 is 0 Å². The first-order valence-corrected chi connectivity index (χ1v) is 15.0. The third-order valence-corrected chi connectivity index (χ3v) is 10.2. The Labute approximate surface area is 244 Å². The molecule has 1 atom stereocenters. The molecule has 7 heterocycles. The summed E-state index contributed by atoms with van der Waals surface area (Å²) in [4.78, 5) is 20.9. The van der Waals surface area contributed by atoms with Gasteiger partial charge in [0.1, 0.15) is 16.6 Å². The summed E-state index contributed by atoms with van der Waals surface area (Å²) >= 11 is 0.960. The molecule has 0 aliphatic carbocycles. The van der Waals surface area contributed by atoms with Crippen molar-refractivity contribution in [1.29, 1.82) is 5.26 Å². The van der Waals surface area contributed by atoms with Crippen LogP contribution in [0.25, 0.3) is 32.2 Å². The number of pyridine rings is 1. The summed E-state index contributed by atoms with van der Waals surface area (Å²) in [5.41, 5.74) is 8.05. The van der Waals surface area contributed by atoms with E-state index >= 15 is 4.39 Å². The lowest BCUT2D eigenvalue weighted by molar-refractivity contribution is -0.0791. The number of nitriles is 1. The number of hydrogen-bond donors (Lipinski definition) is 1. The van der Waals surface area contributed by atoms with E-state index in [1.54, 1.807) is 6.20 Å². The molecule has 4 aliphatic heterocycles. The zero-order chi connectivity index (χ0) is 28.5. The first-order chi connectivity index (χ1) is 20.5. The van der Waals surface area contributed by atoms with E-state index in [9.17, 15) is 9.65 Å². The van der Waals surface area contributed by atoms with Crippen LogP contribution in [-0.2, 0) is 22.7 Å². The zero-order valence-corrected chi connectivity index (χ0v) is 23.6. The monoisotopic (exact) mass is 590 g/mol. The number of hydrogen-bond acceptors (Lipinski definition) is 11. The van der Waals surface area contributed by atoms with E-state index in [1.807, 2.05) is 0 Å². The number of nitrogens with zero attached hydrogens (tertiary/aromatic N) is 7. The Morgan fingerprint density at radius 2 is 1.74 bits per heavy atom. The minimum absolute atomic E-state index is 0.0949. The highest BCUT2D eigenvalue weighted by Gasteiger charge is 2.35. The molecule has 2 N–H and O–H groups in total. The largest absolute Gasteiger partial charge is 0.389 e. The number of anilines is 2. The van der Waals surface area contributed by atoms with Gasteiger partial charge in [-0.05, 0) is 17.5 Å². The second-order valence-corrected chi connectivity index (χ2v) is 12.4. The second-order valence-electron chi connectivity index (χ2n) is 11.3. The maximum absolute atomic E-state index is 16.6. The number of piperazine rings is 1. The van der Waals surface area contributed by atoms with Gasteiger partial charge in [-0.15, -0.1) is 11.3 Å². The lowest BCUT2D eigenvalue weighted by Gasteiger charge is -2.44. The number of rotatable bonds is 4. The van der Waals surface area contributed by atoms with Crippen LogP contribution in [-0.4, -0.2) is 89.3 Å². The highest BCUT2D eigenvalue weighted by molar-refractivity contribution is 7.23. The summed E-state index contributed by atoms with van der Waals surface area (Å²) in [6.45, 7) is 7.82. The van der Waals surface area contributed by atoms with Crippen molar-refractivity contribution in [1.82, 2.24) is 24.8 Å². The number of nitrogen functional groups attached to an aromatic ring is 1. The summed E-state index contributed by atoms with van der Waals surface area (Å²) in [5.74, 6) is -0.708. The highest BCUT2D eigenvalue weighted by atomic mass is 32.1. The van der Waals surface area contributed by atoms with E-state index in [4.69, 9.17) is 20.2 Å². The maximum Gasteiger partial charge on any atom is 0.226 e. The van der Waals surface area contributed by atoms with Crippen molar-refractivity contribution in [2.45, 2.75) is 31.7 Å². The van der Waals surface area contributed by atoms with Gasteiger partial charge in [-0.2, -0.15) is 5.26 Å². The summed E-state index contributed by atoms with van der Waals surface area (Å²) in [7, 11) is 0. The number of aromatic nitrogens is 3. The predicted molar refractivity (Wildman–Crippen MR) is 154 cm³/mol. The molecule has 4 aliphatic rings. The quantitative estimate of drug-likeness (QED) is 0.380. The Morgan fingerprint density at radius 1 is 0.976 bits per heavy atom. The van der Waals surface area contributed by atoms with Gasteiger partial charge in [-0.25, -0.2) is 18.7 Å². The molecular weight excluding hydrogens is 562 g/mol. The summed E-state index contributed by atoms with van der Waals surface area (Å²) < 4.78 is 42.6. The highest BCUT2D eigenvalue weighted by Crippen LogP contribution is 2.45. The average molecular weight is 591 g/mol. The number of ether oxygens (including phenoxy) is 2. The fraction of sp³-hybridized carbons (Fsp3) is 0.448. The van der Waals surface area contributed by atoms with E-state index < -0.39 is 11.6 Å². The number of fused-ring (bicyclic) bond motifs is 4. The Bertz CT molecular complexity index is 1780. The smallest absolute Gasteiger partial charge is 0.226 e. The van der Waals surface area contributed by atoms with Gasteiger partial charge in [0.2, 0.25) is 5.95 Å². The molecule has 8 rings (SSSR count). The topological polar surface area (TPSA) is 117 Å². The first-order valence-electron chi connectivity index (χ1n) is 14.2. The molecule has 3 aromatic heterocycles. The Morgan fingerprint density at radius 3 is 2.48 bits per heavy atom.